The lowest BCUT2D eigenvalue weighted by atomic mass is 10.2. The standard InChI is InChI=1S/C13H20N4O3/c1-10-9-12(15-20-10)14-4-3-13(19)17-7-5-16(6-8-17)11(2)18/h9H,3-8H2,1-2H3,(H,14,15). The molecule has 2 rings (SSSR count). The highest BCUT2D eigenvalue weighted by molar-refractivity contribution is 5.77. The van der Waals surface area contributed by atoms with Crippen LogP contribution in [-0.4, -0.2) is 59.5 Å². The Balaban J connectivity index is 1.69. The average Bonchev–Trinajstić information content (AvgIpc) is 2.84. The third-order valence-electron chi connectivity index (χ3n) is 3.35. The summed E-state index contributed by atoms with van der Waals surface area (Å²) in [7, 11) is 0. The summed E-state index contributed by atoms with van der Waals surface area (Å²) in [4.78, 5) is 26.8. The van der Waals surface area contributed by atoms with Crippen LogP contribution in [-0.2, 0) is 9.59 Å². The van der Waals surface area contributed by atoms with Gasteiger partial charge >= 0.3 is 0 Å². The molecule has 1 aromatic heterocycles. The van der Waals surface area contributed by atoms with E-state index in [0.29, 0.717) is 45.0 Å². The van der Waals surface area contributed by atoms with Gasteiger partial charge in [-0.3, -0.25) is 9.59 Å². The van der Waals surface area contributed by atoms with Crippen molar-refractivity contribution in [3.05, 3.63) is 11.8 Å². The Morgan fingerprint density at radius 3 is 2.50 bits per heavy atom. The molecule has 1 aromatic rings. The molecule has 110 valence electrons. The van der Waals surface area contributed by atoms with Gasteiger partial charge in [0.1, 0.15) is 5.76 Å². The van der Waals surface area contributed by atoms with Crippen LogP contribution in [0.2, 0.25) is 0 Å². The first kappa shape index (κ1) is 14.4. The zero-order chi connectivity index (χ0) is 14.5. The molecule has 0 saturated carbocycles. The third kappa shape index (κ3) is 3.72. The van der Waals surface area contributed by atoms with Gasteiger partial charge in [-0.25, -0.2) is 0 Å². The predicted octanol–water partition coefficient (Wildman–Crippen LogP) is 0.476. The van der Waals surface area contributed by atoms with Crippen molar-refractivity contribution in [2.24, 2.45) is 0 Å². The molecule has 0 radical (unpaired) electrons. The van der Waals surface area contributed by atoms with E-state index < -0.39 is 0 Å². The molecule has 1 aliphatic heterocycles. The number of aromatic nitrogens is 1. The van der Waals surface area contributed by atoms with E-state index in [9.17, 15) is 9.59 Å². The van der Waals surface area contributed by atoms with Gasteiger partial charge in [0.2, 0.25) is 11.8 Å². The van der Waals surface area contributed by atoms with Crippen molar-refractivity contribution in [2.75, 3.05) is 38.0 Å². The van der Waals surface area contributed by atoms with E-state index in [2.05, 4.69) is 10.5 Å². The van der Waals surface area contributed by atoms with Gasteiger partial charge in [-0.15, -0.1) is 0 Å². The van der Waals surface area contributed by atoms with Crippen LogP contribution in [0, 0.1) is 6.92 Å². The number of carbonyl (C=O) groups is 2. The van der Waals surface area contributed by atoms with Crippen LogP contribution in [0.3, 0.4) is 0 Å². The van der Waals surface area contributed by atoms with E-state index in [0.717, 1.165) is 5.76 Å². The Hall–Kier alpha value is -2.05. The second kappa shape index (κ2) is 6.40. The molecule has 0 aliphatic carbocycles. The van der Waals surface area contributed by atoms with Crippen molar-refractivity contribution in [3.8, 4) is 0 Å². The van der Waals surface area contributed by atoms with Gasteiger partial charge < -0.3 is 19.6 Å². The summed E-state index contributed by atoms with van der Waals surface area (Å²) in [5, 5.41) is 6.84. The number of carbonyl (C=O) groups excluding carboxylic acids is 2. The number of anilines is 1. The number of nitrogens with one attached hydrogen (secondary N) is 1. The first-order valence-electron chi connectivity index (χ1n) is 6.77. The van der Waals surface area contributed by atoms with Gasteiger partial charge in [-0.1, -0.05) is 5.16 Å². The summed E-state index contributed by atoms with van der Waals surface area (Å²) < 4.78 is 4.93. The number of hydrogen-bond donors (Lipinski definition) is 1. The maximum atomic E-state index is 12.0. The number of piperazine rings is 1. The number of amides is 2. The molecule has 0 spiro atoms. The molecule has 1 saturated heterocycles. The van der Waals surface area contributed by atoms with Crippen LogP contribution in [0.5, 0.6) is 0 Å². The first-order valence-corrected chi connectivity index (χ1v) is 6.77. The maximum absolute atomic E-state index is 12.0. The van der Waals surface area contributed by atoms with Crippen LogP contribution in [0.4, 0.5) is 5.82 Å². The Labute approximate surface area is 117 Å². The summed E-state index contributed by atoms with van der Waals surface area (Å²) >= 11 is 0. The Morgan fingerprint density at radius 2 is 1.95 bits per heavy atom. The molecule has 7 heteroatoms. The third-order valence-corrected chi connectivity index (χ3v) is 3.35. The molecule has 0 atom stereocenters. The fourth-order valence-electron chi connectivity index (χ4n) is 2.18. The Kier molecular flexibility index (Phi) is 4.60. The molecule has 7 nitrogen and oxygen atoms in total. The minimum atomic E-state index is 0.0696. The molecule has 1 aliphatic rings. The molecule has 0 aromatic carbocycles. The first-order chi connectivity index (χ1) is 9.56. The lowest BCUT2D eigenvalue weighted by molar-refractivity contribution is -0.138. The molecule has 1 fully saturated rings. The number of aryl methyl sites for hydroxylation is 1. The van der Waals surface area contributed by atoms with Crippen molar-refractivity contribution in [2.45, 2.75) is 20.3 Å². The summed E-state index contributed by atoms with van der Waals surface area (Å²) in [5.74, 6) is 1.55. The van der Waals surface area contributed by atoms with Crippen molar-refractivity contribution >= 4 is 17.6 Å². The fourth-order valence-corrected chi connectivity index (χ4v) is 2.18. The molecule has 2 heterocycles. The largest absolute Gasteiger partial charge is 0.367 e. The predicted molar refractivity (Wildman–Crippen MR) is 73.2 cm³/mol. The average molecular weight is 280 g/mol. The minimum absolute atomic E-state index is 0.0696. The monoisotopic (exact) mass is 280 g/mol. The van der Waals surface area contributed by atoms with Crippen LogP contribution in [0.15, 0.2) is 10.6 Å². The van der Waals surface area contributed by atoms with Crippen molar-refractivity contribution in [1.29, 1.82) is 0 Å². The van der Waals surface area contributed by atoms with Gasteiger partial charge in [0.05, 0.1) is 0 Å². The second-order valence-corrected chi connectivity index (χ2v) is 4.89. The second-order valence-electron chi connectivity index (χ2n) is 4.89. The smallest absolute Gasteiger partial charge is 0.224 e. The Bertz CT molecular complexity index is 478. The van der Waals surface area contributed by atoms with Crippen LogP contribution in [0.25, 0.3) is 0 Å². The topological polar surface area (TPSA) is 78.7 Å². The zero-order valence-electron chi connectivity index (χ0n) is 11.9. The van der Waals surface area contributed by atoms with Crippen LogP contribution < -0.4 is 5.32 Å². The maximum Gasteiger partial charge on any atom is 0.224 e. The summed E-state index contributed by atoms with van der Waals surface area (Å²) in [6, 6.07) is 1.79. The number of rotatable bonds is 4. The molecule has 2 amide bonds. The highest BCUT2D eigenvalue weighted by atomic mass is 16.5. The van der Waals surface area contributed by atoms with Gasteiger partial charge in [-0.2, -0.15) is 0 Å². The minimum Gasteiger partial charge on any atom is -0.367 e. The van der Waals surface area contributed by atoms with Gasteiger partial charge in [0, 0.05) is 52.1 Å². The van der Waals surface area contributed by atoms with Crippen molar-refractivity contribution in [3.63, 3.8) is 0 Å². The molecule has 20 heavy (non-hydrogen) atoms. The van der Waals surface area contributed by atoms with Gasteiger partial charge in [0.15, 0.2) is 5.82 Å². The van der Waals surface area contributed by atoms with Crippen LogP contribution in [0.1, 0.15) is 19.1 Å². The van der Waals surface area contributed by atoms with E-state index in [1.807, 2.05) is 6.92 Å². The van der Waals surface area contributed by atoms with Crippen molar-refractivity contribution in [1.82, 2.24) is 15.0 Å². The van der Waals surface area contributed by atoms with E-state index in [-0.39, 0.29) is 11.8 Å². The lowest BCUT2D eigenvalue weighted by Gasteiger charge is -2.34. The van der Waals surface area contributed by atoms with Crippen LogP contribution >= 0.6 is 0 Å². The van der Waals surface area contributed by atoms with E-state index in [4.69, 9.17) is 4.52 Å². The van der Waals surface area contributed by atoms with Gasteiger partial charge in [-0.05, 0) is 6.92 Å². The fraction of sp³-hybridized carbons (Fsp3) is 0.615. The zero-order valence-corrected chi connectivity index (χ0v) is 11.9. The molecular formula is C13H20N4O3. The molecule has 0 unspecified atom stereocenters. The molecule has 0 bridgehead atoms. The summed E-state index contributed by atoms with van der Waals surface area (Å²) in [6.07, 6.45) is 0.409. The Morgan fingerprint density at radius 1 is 1.30 bits per heavy atom. The molecular weight excluding hydrogens is 260 g/mol. The van der Waals surface area contributed by atoms with E-state index >= 15 is 0 Å². The van der Waals surface area contributed by atoms with E-state index in [1.54, 1.807) is 22.8 Å². The summed E-state index contributed by atoms with van der Waals surface area (Å²) in [5.41, 5.74) is 0. The quantitative estimate of drug-likeness (QED) is 0.867. The number of hydrogen-bond acceptors (Lipinski definition) is 5. The molecule has 1 N–H and O–H groups in total. The van der Waals surface area contributed by atoms with Gasteiger partial charge in [0.25, 0.3) is 0 Å². The van der Waals surface area contributed by atoms with E-state index in [1.165, 1.54) is 0 Å². The lowest BCUT2D eigenvalue weighted by Crippen LogP contribution is -2.50. The highest BCUT2D eigenvalue weighted by Gasteiger charge is 2.21. The SMILES string of the molecule is CC(=O)N1CCN(C(=O)CCNc2cc(C)on2)CC1. The normalized spacial score (nSPS) is 15.3. The highest BCUT2D eigenvalue weighted by Crippen LogP contribution is 2.08. The number of nitrogens with zero attached hydrogens (tertiary/aromatic N) is 3. The summed E-state index contributed by atoms with van der Waals surface area (Å²) in [6.45, 7) is 6.37. The van der Waals surface area contributed by atoms with Crippen molar-refractivity contribution < 1.29 is 14.1 Å².